The first-order chi connectivity index (χ1) is 15.1. The lowest BCUT2D eigenvalue weighted by molar-refractivity contribution is -0.384. The number of para-hydroxylation sites is 1. The first kappa shape index (κ1) is 21.3. The number of anilines is 1. The summed E-state index contributed by atoms with van der Waals surface area (Å²) < 4.78 is 11.1. The number of carbonyl (C=O) groups excluding carboxylic acids is 1. The zero-order chi connectivity index (χ0) is 21.9. The normalized spacial score (nSPS) is 10.5. The van der Waals surface area contributed by atoms with Gasteiger partial charge in [-0.2, -0.15) is 5.10 Å². The topological polar surface area (TPSA) is 115 Å². The Hall–Kier alpha value is -4.40. The van der Waals surface area contributed by atoms with Crippen LogP contribution in [0.4, 0.5) is 16.2 Å². The Morgan fingerprint density at radius 2 is 1.65 bits per heavy atom. The van der Waals surface area contributed by atoms with Gasteiger partial charge in [0.2, 0.25) is 0 Å². The number of nitro groups is 1. The van der Waals surface area contributed by atoms with Crippen molar-refractivity contribution in [1.82, 2.24) is 5.43 Å². The van der Waals surface area contributed by atoms with Gasteiger partial charge in [-0.15, -0.1) is 0 Å². The van der Waals surface area contributed by atoms with E-state index in [-0.39, 0.29) is 18.9 Å². The van der Waals surface area contributed by atoms with Crippen molar-refractivity contribution in [2.45, 2.75) is 0 Å². The van der Waals surface area contributed by atoms with Gasteiger partial charge >= 0.3 is 6.03 Å². The summed E-state index contributed by atoms with van der Waals surface area (Å²) in [5, 5.41) is 17.2. The predicted octanol–water partition coefficient (Wildman–Crippen LogP) is 4.21. The van der Waals surface area contributed by atoms with Crippen LogP contribution in [0.5, 0.6) is 11.5 Å². The third-order valence-corrected chi connectivity index (χ3v) is 3.94. The van der Waals surface area contributed by atoms with Crippen molar-refractivity contribution >= 4 is 23.6 Å². The van der Waals surface area contributed by atoms with Crippen LogP contribution in [-0.2, 0) is 0 Å². The van der Waals surface area contributed by atoms with Crippen LogP contribution < -0.4 is 20.2 Å². The number of hydrazone groups is 1. The van der Waals surface area contributed by atoms with E-state index in [1.54, 1.807) is 30.3 Å². The van der Waals surface area contributed by atoms with Crippen molar-refractivity contribution in [3.63, 3.8) is 0 Å². The quantitative estimate of drug-likeness (QED) is 0.233. The van der Waals surface area contributed by atoms with E-state index < -0.39 is 11.0 Å². The fraction of sp³-hybridized carbons (Fsp3) is 0.0909. The van der Waals surface area contributed by atoms with Crippen LogP contribution in [0.2, 0.25) is 0 Å². The molecule has 0 unspecified atom stereocenters. The van der Waals surface area contributed by atoms with Crippen LogP contribution in [-0.4, -0.2) is 30.4 Å². The van der Waals surface area contributed by atoms with Crippen LogP contribution in [0, 0.1) is 10.1 Å². The highest BCUT2D eigenvalue weighted by Crippen LogP contribution is 2.17. The molecule has 9 heteroatoms. The molecule has 0 spiro atoms. The molecule has 0 atom stereocenters. The Morgan fingerprint density at radius 3 is 2.35 bits per heavy atom. The number of hydrogen-bond donors (Lipinski definition) is 2. The first-order valence-corrected chi connectivity index (χ1v) is 9.35. The molecule has 9 nitrogen and oxygen atoms in total. The van der Waals surface area contributed by atoms with Crippen molar-refractivity contribution in [2.24, 2.45) is 5.10 Å². The number of nitrogens with zero attached hydrogens (tertiary/aromatic N) is 2. The second-order valence-corrected chi connectivity index (χ2v) is 6.21. The van der Waals surface area contributed by atoms with E-state index in [4.69, 9.17) is 9.47 Å². The molecule has 0 aliphatic rings. The van der Waals surface area contributed by atoms with Crippen LogP contribution in [0.1, 0.15) is 5.56 Å². The van der Waals surface area contributed by atoms with Crippen LogP contribution in [0.25, 0.3) is 0 Å². The van der Waals surface area contributed by atoms with Crippen molar-refractivity contribution in [3.05, 3.63) is 94.5 Å². The highest BCUT2D eigenvalue weighted by molar-refractivity contribution is 5.90. The van der Waals surface area contributed by atoms with Crippen molar-refractivity contribution in [2.75, 3.05) is 18.5 Å². The van der Waals surface area contributed by atoms with Crippen LogP contribution >= 0.6 is 0 Å². The standard InChI is InChI=1S/C22H20N4O5/c27-22(24-18-6-2-1-3-7-18)25-23-16-17-5-4-8-21(15-17)31-14-13-30-20-11-9-19(10-12-20)26(28)29/h1-12,15-16H,13-14H2,(H2,24,25,27)/b23-16+. The maximum Gasteiger partial charge on any atom is 0.339 e. The van der Waals surface area contributed by atoms with E-state index in [9.17, 15) is 14.9 Å². The van der Waals surface area contributed by atoms with E-state index in [0.717, 1.165) is 5.56 Å². The number of urea groups is 1. The number of amides is 2. The van der Waals surface area contributed by atoms with Crippen molar-refractivity contribution in [3.8, 4) is 11.5 Å². The molecule has 0 radical (unpaired) electrons. The molecule has 31 heavy (non-hydrogen) atoms. The summed E-state index contributed by atoms with van der Waals surface area (Å²) in [5.74, 6) is 1.14. The molecule has 0 aliphatic heterocycles. The minimum Gasteiger partial charge on any atom is -0.490 e. The number of hydrogen-bond acceptors (Lipinski definition) is 6. The molecule has 2 N–H and O–H groups in total. The average Bonchev–Trinajstić information content (AvgIpc) is 2.78. The summed E-state index contributed by atoms with van der Waals surface area (Å²) in [4.78, 5) is 22.0. The van der Waals surface area contributed by atoms with Crippen LogP contribution in [0.15, 0.2) is 84.0 Å². The molecule has 0 aromatic heterocycles. The Kier molecular flexibility index (Phi) is 7.53. The summed E-state index contributed by atoms with van der Waals surface area (Å²) in [6.07, 6.45) is 1.50. The van der Waals surface area contributed by atoms with Gasteiger partial charge in [-0.1, -0.05) is 30.3 Å². The second-order valence-electron chi connectivity index (χ2n) is 6.21. The smallest absolute Gasteiger partial charge is 0.339 e. The Morgan fingerprint density at radius 1 is 0.935 bits per heavy atom. The van der Waals surface area contributed by atoms with Gasteiger partial charge in [-0.05, 0) is 42.0 Å². The highest BCUT2D eigenvalue weighted by atomic mass is 16.6. The largest absolute Gasteiger partial charge is 0.490 e. The summed E-state index contributed by atoms with van der Waals surface area (Å²) >= 11 is 0. The van der Waals surface area contributed by atoms with Crippen LogP contribution in [0.3, 0.4) is 0 Å². The summed E-state index contributed by atoms with van der Waals surface area (Å²) in [5.41, 5.74) is 3.82. The summed E-state index contributed by atoms with van der Waals surface area (Å²) in [6.45, 7) is 0.562. The van der Waals surface area contributed by atoms with E-state index in [1.165, 1.54) is 30.5 Å². The van der Waals surface area contributed by atoms with E-state index in [0.29, 0.717) is 17.2 Å². The molecule has 0 saturated heterocycles. The molecule has 0 saturated carbocycles. The lowest BCUT2D eigenvalue weighted by Crippen LogP contribution is -2.24. The minimum absolute atomic E-state index is 0.00844. The van der Waals surface area contributed by atoms with E-state index in [1.807, 2.05) is 24.3 Å². The predicted molar refractivity (Wildman–Crippen MR) is 117 cm³/mol. The highest BCUT2D eigenvalue weighted by Gasteiger charge is 2.04. The minimum atomic E-state index is -0.464. The maximum atomic E-state index is 11.8. The van der Waals surface area contributed by atoms with Gasteiger partial charge in [-0.25, -0.2) is 10.2 Å². The molecule has 3 rings (SSSR count). The van der Waals surface area contributed by atoms with Gasteiger partial charge in [0, 0.05) is 17.8 Å². The molecule has 0 bridgehead atoms. The van der Waals surface area contributed by atoms with Gasteiger partial charge in [0.25, 0.3) is 5.69 Å². The average molecular weight is 420 g/mol. The lowest BCUT2D eigenvalue weighted by atomic mass is 10.2. The number of ether oxygens (including phenoxy) is 2. The molecule has 3 aromatic rings. The SMILES string of the molecule is O=C(N/N=C/c1cccc(OCCOc2ccc([N+](=O)[O-])cc2)c1)Nc1ccccc1. The maximum absolute atomic E-state index is 11.8. The fourth-order valence-corrected chi connectivity index (χ4v) is 2.51. The van der Waals surface area contributed by atoms with Gasteiger partial charge in [0.05, 0.1) is 11.1 Å². The van der Waals surface area contributed by atoms with E-state index in [2.05, 4.69) is 15.8 Å². The Balaban J connectivity index is 1.41. The summed E-state index contributed by atoms with van der Waals surface area (Å²) in [7, 11) is 0. The number of non-ortho nitro benzene ring substituents is 1. The lowest BCUT2D eigenvalue weighted by Gasteiger charge is -2.08. The molecular weight excluding hydrogens is 400 g/mol. The zero-order valence-electron chi connectivity index (χ0n) is 16.4. The number of nitrogens with one attached hydrogen (secondary N) is 2. The van der Waals surface area contributed by atoms with Crippen molar-refractivity contribution < 1.29 is 19.2 Å². The third-order valence-electron chi connectivity index (χ3n) is 3.94. The van der Waals surface area contributed by atoms with Gasteiger partial charge in [-0.3, -0.25) is 10.1 Å². The van der Waals surface area contributed by atoms with Crippen molar-refractivity contribution in [1.29, 1.82) is 0 Å². The molecule has 2 amide bonds. The Bertz CT molecular complexity index is 1040. The van der Waals surface area contributed by atoms with Gasteiger partial charge in [0.15, 0.2) is 0 Å². The number of rotatable bonds is 9. The third kappa shape index (κ3) is 7.17. The molecular formula is C22H20N4O5. The molecule has 3 aromatic carbocycles. The Labute approximate surface area is 178 Å². The van der Waals surface area contributed by atoms with Gasteiger partial charge < -0.3 is 14.8 Å². The van der Waals surface area contributed by atoms with Gasteiger partial charge in [0.1, 0.15) is 24.7 Å². The molecule has 0 fully saturated rings. The molecule has 158 valence electrons. The number of carbonyl (C=O) groups is 1. The molecule has 0 heterocycles. The second kappa shape index (κ2) is 11.0. The monoisotopic (exact) mass is 420 g/mol. The zero-order valence-corrected chi connectivity index (χ0v) is 16.4. The summed E-state index contributed by atoms with van der Waals surface area (Å²) in [6, 6.07) is 21.6. The number of benzene rings is 3. The first-order valence-electron chi connectivity index (χ1n) is 9.35. The fourth-order valence-electron chi connectivity index (χ4n) is 2.51. The molecule has 0 aliphatic carbocycles. The number of nitro benzene ring substituents is 1. The van der Waals surface area contributed by atoms with E-state index >= 15 is 0 Å².